The van der Waals surface area contributed by atoms with Gasteiger partial charge in [0.25, 0.3) is 0 Å². The summed E-state index contributed by atoms with van der Waals surface area (Å²) < 4.78 is 11.8. The van der Waals surface area contributed by atoms with E-state index < -0.39 is 30.0 Å². The van der Waals surface area contributed by atoms with Crippen molar-refractivity contribution in [3.63, 3.8) is 0 Å². The Bertz CT molecular complexity index is 445. The minimum atomic E-state index is -3.73. The van der Waals surface area contributed by atoms with Crippen molar-refractivity contribution < 1.29 is 15.7 Å². The van der Waals surface area contributed by atoms with E-state index in [0.29, 0.717) is 11.8 Å². The second-order valence-corrected chi connectivity index (χ2v) is 19.0. The van der Waals surface area contributed by atoms with Crippen LogP contribution >= 0.6 is 0 Å². The Kier molecular flexibility index (Phi) is 11.0. The minimum absolute atomic E-state index is 0.195. The van der Waals surface area contributed by atoms with Crippen LogP contribution < -0.4 is 0 Å². The van der Waals surface area contributed by atoms with Gasteiger partial charge in [0, 0.05) is 0 Å². The van der Waals surface area contributed by atoms with E-state index in [0.717, 1.165) is 38.5 Å². The van der Waals surface area contributed by atoms with Crippen LogP contribution in [-0.4, -0.2) is 31.1 Å². The molecule has 0 aromatic rings. The Hall–Kier alpha value is -0.261. The van der Waals surface area contributed by atoms with Crippen molar-refractivity contribution in [1.29, 1.82) is 0 Å². The second-order valence-electron chi connectivity index (χ2n) is 9.87. The molecular weight excluding hydrogens is 447 g/mol. The van der Waals surface area contributed by atoms with E-state index in [1.165, 1.54) is 0 Å². The predicted molar refractivity (Wildman–Crippen MR) is 115 cm³/mol. The third-order valence-corrected chi connectivity index (χ3v) is 9.63. The molecule has 4 nitrogen and oxygen atoms in total. The number of carbonyl (C=O) groups excluding carboxylic acids is 2. The van der Waals surface area contributed by atoms with Gasteiger partial charge in [-0.15, -0.1) is 0 Å². The first-order valence-electron chi connectivity index (χ1n) is 10.7. The molecule has 0 radical (unpaired) electrons. The topological polar surface area (TPSA) is 52.6 Å². The fourth-order valence-corrected chi connectivity index (χ4v) is 6.85. The average Bonchev–Trinajstić information content (AvgIpc) is 2.56. The van der Waals surface area contributed by atoms with Crippen molar-refractivity contribution in [2.24, 2.45) is 22.7 Å². The summed E-state index contributed by atoms with van der Waals surface area (Å²) in [4.78, 5) is 29.5. The van der Waals surface area contributed by atoms with Gasteiger partial charge in [-0.1, -0.05) is 0 Å². The summed E-state index contributed by atoms with van der Waals surface area (Å²) in [5, 5.41) is 0. The van der Waals surface area contributed by atoms with Gasteiger partial charge in [-0.2, -0.15) is 0 Å². The zero-order valence-electron chi connectivity index (χ0n) is 19.5. The molecule has 0 bridgehead atoms. The van der Waals surface area contributed by atoms with Crippen LogP contribution in [0, 0.1) is 22.7 Å². The Morgan fingerprint density at radius 2 is 1.07 bits per heavy atom. The third kappa shape index (κ3) is 9.18. The molecule has 0 aliphatic carbocycles. The fraction of sp³-hybridized carbons (Fsp3) is 0.909. The van der Waals surface area contributed by atoms with Crippen LogP contribution in [0.25, 0.3) is 0 Å². The second kappa shape index (κ2) is 11.1. The van der Waals surface area contributed by atoms with Crippen molar-refractivity contribution in [3.05, 3.63) is 0 Å². The molecule has 27 heavy (non-hydrogen) atoms. The molecule has 0 aromatic heterocycles. The number of hydrogen-bond donors (Lipinski definition) is 0. The SMILES string of the molecule is CCC(C)(CCC(C)C)C(=O)[O][Sn]([CH3])([CH3])[O]C(=O)C(C)(CC)CCC(C)C. The van der Waals surface area contributed by atoms with Crippen LogP contribution in [0.5, 0.6) is 0 Å². The average molecular weight is 491 g/mol. The molecule has 0 spiro atoms. The maximum absolute atomic E-state index is 12.9. The normalized spacial score (nSPS) is 16.7. The molecule has 0 amide bonds. The molecule has 2 unspecified atom stereocenters. The number of carbonyl (C=O) groups is 2. The third-order valence-electron chi connectivity index (χ3n) is 5.77. The predicted octanol–water partition coefficient (Wildman–Crippen LogP) is 6.48. The molecule has 0 heterocycles. The van der Waals surface area contributed by atoms with E-state index in [2.05, 4.69) is 27.7 Å². The molecule has 0 aliphatic heterocycles. The summed E-state index contributed by atoms with van der Waals surface area (Å²) in [6.07, 6.45) is 5.04. The summed E-state index contributed by atoms with van der Waals surface area (Å²) in [5.41, 5.74) is -1.01. The van der Waals surface area contributed by atoms with Crippen LogP contribution in [0.1, 0.15) is 93.9 Å². The van der Waals surface area contributed by atoms with Gasteiger partial charge in [-0.25, -0.2) is 0 Å². The summed E-state index contributed by atoms with van der Waals surface area (Å²) in [6, 6.07) is 0. The van der Waals surface area contributed by atoms with E-state index in [-0.39, 0.29) is 11.9 Å². The molecule has 0 aliphatic rings. The first kappa shape index (κ1) is 26.7. The van der Waals surface area contributed by atoms with Crippen molar-refractivity contribution in [1.82, 2.24) is 0 Å². The van der Waals surface area contributed by atoms with E-state index in [1.54, 1.807) is 0 Å². The van der Waals surface area contributed by atoms with E-state index in [1.807, 2.05) is 37.6 Å². The fourth-order valence-electron chi connectivity index (χ4n) is 2.77. The Morgan fingerprint density at radius 3 is 1.30 bits per heavy atom. The zero-order valence-corrected chi connectivity index (χ0v) is 22.4. The standard InChI is InChI=1S/2C10H20O2.2CH3.Sn/c2*1-5-10(4,9(11)12)7-6-8(2)3;;;/h2*8H,5-7H2,1-4H3,(H,11,12);2*1H3;/q;;;;+2/p-2. The van der Waals surface area contributed by atoms with E-state index in [9.17, 15) is 9.59 Å². The molecule has 2 atom stereocenters. The molecule has 0 aromatic carbocycles. The van der Waals surface area contributed by atoms with Crippen LogP contribution in [0.3, 0.4) is 0 Å². The van der Waals surface area contributed by atoms with Crippen molar-refractivity contribution >= 4 is 31.1 Å². The molecule has 0 rings (SSSR count). The quantitative estimate of drug-likeness (QED) is 0.294. The van der Waals surface area contributed by atoms with E-state index >= 15 is 0 Å². The summed E-state index contributed by atoms with van der Waals surface area (Å²) in [7, 11) is 0. The maximum atomic E-state index is 12.9. The van der Waals surface area contributed by atoms with Gasteiger partial charge >= 0.3 is 173 Å². The number of rotatable bonds is 12. The van der Waals surface area contributed by atoms with Crippen molar-refractivity contribution in [3.8, 4) is 0 Å². The van der Waals surface area contributed by atoms with Crippen LogP contribution in [-0.2, 0) is 15.7 Å². The molecule has 0 saturated carbocycles. The molecular formula is C22H44O4Sn. The Balaban J connectivity index is 5.08. The molecule has 0 saturated heterocycles. The summed E-state index contributed by atoms with van der Waals surface area (Å²) in [6.45, 7) is 16.6. The first-order chi connectivity index (χ1) is 12.2. The van der Waals surface area contributed by atoms with E-state index in [4.69, 9.17) is 6.15 Å². The van der Waals surface area contributed by atoms with Gasteiger partial charge in [0.2, 0.25) is 0 Å². The van der Waals surface area contributed by atoms with Gasteiger partial charge in [0.05, 0.1) is 0 Å². The van der Waals surface area contributed by atoms with Gasteiger partial charge in [-0.05, 0) is 0 Å². The number of hydrogen-bond acceptors (Lipinski definition) is 4. The molecule has 0 N–H and O–H groups in total. The van der Waals surface area contributed by atoms with Gasteiger partial charge in [0.15, 0.2) is 0 Å². The van der Waals surface area contributed by atoms with Crippen LogP contribution in [0.4, 0.5) is 0 Å². The summed E-state index contributed by atoms with van der Waals surface area (Å²) in [5.74, 6) is 0.702. The van der Waals surface area contributed by atoms with Crippen molar-refractivity contribution in [2.45, 2.75) is 104 Å². The molecule has 0 fully saturated rings. The van der Waals surface area contributed by atoms with Crippen molar-refractivity contribution in [2.75, 3.05) is 0 Å². The zero-order chi connectivity index (χ0) is 21.5. The Labute approximate surface area is 173 Å². The Morgan fingerprint density at radius 1 is 0.778 bits per heavy atom. The van der Waals surface area contributed by atoms with Crippen LogP contribution in [0.2, 0.25) is 9.88 Å². The monoisotopic (exact) mass is 492 g/mol. The van der Waals surface area contributed by atoms with Gasteiger partial charge < -0.3 is 0 Å². The first-order valence-corrected chi connectivity index (χ1v) is 18.7. The molecule has 160 valence electrons. The van der Waals surface area contributed by atoms with Crippen LogP contribution in [0.15, 0.2) is 0 Å². The molecule has 5 heteroatoms. The van der Waals surface area contributed by atoms with Gasteiger partial charge in [0.1, 0.15) is 0 Å². The summed E-state index contributed by atoms with van der Waals surface area (Å²) >= 11 is -3.73. The van der Waals surface area contributed by atoms with Gasteiger partial charge in [-0.3, -0.25) is 0 Å².